The Balaban J connectivity index is 2.23. The number of nitrogens with zero attached hydrogens (tertiary/aromatic N) is 4. The fourth-order valence-electron chi connectivity index (χ4n) is 1.92. The standard InChI is InChI=1S/C13H20N4S/c1-5-14-12-11(10(2)3)18-13(15-12)17-8-6-16(4)7-9-17/h5H,2,6-9H2,1,3-4H3. The summed E-state index contributed by atoms with van der Waals surface area (Å²) < 4.78 is 0. The molecular weight excluding hydrogens is 244 g/mol. The monoisotopic (exact) mass is 264 g/mol. The molecule has 1 aromatic heterocycles. The van der Waals surface area contributed by atoms with Crippen LogP contribution in [0, 0.1) is 0 Å². The average Bonchev–Trinajstić information content (AvgIpc) is 2.75. The van der Waals surface area contributed by atoms with Gasteiger partial charge in [-0.1, -0.05) is 17.9 Å². The van der Waals surface area contributed by atoms with Crippen molar-refractivity contribution in [2.45, 2.75) is 13.8 Å². The summed E-state index contributed by atoms with van der Waals surface area (Å²) in [5.74, 6) is 0.809. The van der Waals surface area contributed by atoms with Gasteiger partial charge in [0.1, 0.15) is 0 Å². The van der Waals surface area contributed by atoms with Gasteiger partial charge in [0.2, 0.25) is 0 Å². The van der Waals surface area contributed by atoms with Crippen LogP contribution in [-0.2, 0) is 0 Å². The van der Waals surface area contributed by atoms with Gasteiger partial charge in [-0.3, -0.25) is 0 Å². The van der Waals surface area contributed by atoms with Crippen LogP contribution in [0.25, 0.3) is 5.57 Å². The van der Waals surface area contributed by atoms with Crippen LogP contribution < -0.4 is 4.90 Å². The number of piperazine rings is 1. The van der Waals surface area contributed by atoms with Gasteiger partial charge in [-0.05, 0) is 26.5 Å². The molecule has 0 bridgehead atoms. The third kappa shape index (κ3) is 2.79. The van der Waals surface area contributed by atoms with Gasteiger partial charge < -0.3 is 9.80 Å². The summed E-state index contributed by atoms with van der Waals surface area (Å²) in [5.41, 5.74) is 1.04. The summed E-state index contributed by atoms with van der Waals surface area (Å²) in [6.07, 6.45) is 1.79. The quantitative estimate of drug-likeness (QED) is 0.787. The van der Waals surface area contributed by atoms with Crippen molar-refractivity contribution in [3.63, 3.8) is 0 Å². The molecule has 0 atom stereocenters. The maximum absolute atomic E-state index is 4.64. The molecule has 2 heterocycles. The average molecular weight is 264 g/mol. The maximum atomic E-state index is 4.64. The van der Waals surface area contributed by atoms with Crippen LogP contribution in [0.2, 0.25) is 0 Å². The first kappa shape index (κ1) is 13.2. The van der Waals surface area contributed by atoms with Gasteiger partial charge in [0, 0.05) is 32.4 Å². The van der Waals surface area contributed by atoms with Crippen LogP contribution >= 0.6 is 11.3 Å². The van der Waals surface area contributed by atoms with Crippen molar-refractivity contribution < 1.29 is 0 Å². The van der Waals surface area contributed by atoms with Gasteiger partial charge in [-0.25, -0.2) is 4.99 Å². The Labute approximate surface area is 113 Å². The highest BCUT2D eigenvalue weighted by molar-refractivity contribution is 7.17. The third-order valence-corrected chi connectivity index (χ3v) is 4.28. The minimum atomic E-state index is 0.809. The van der Waals surface area contributed by atoms with Crippen molar-refractivity contribution in [3.05, 3.63) is 11.5 Å². The number of likely N-dealkylation sites (N-methyl/N-ethyl adjacent to an activating group) is 1. The predicted molar refractivity (Wildman–Crippen MR) is 80.4 cm³/mol. The Hall–Kier alpha value is -1.20. The molecule has 2 rings (SSSR count). The molecule has 0 radical (unpaired) electrons. The predicted octanol–water partition coefficient (Wildman–Crippen LogP) is 2.65. The number of anilines is 1. The lowest BCUT2D eigenvalue weighted by Gasteiger charge is -2.32. The first-order valence-corrected chi connectivity index (χ1v) is 7.02. The molecule has 0 aliphatic carbocycles. The highest BCUT2D eigenvalue weighted by Gasteiger charge is 2.19. The van der Waals surface area contributed by atoms with Crippen LogP contribution in [0.3, 0.4) is 0 Å². The van der Waals surface area contributed by atoms with Crippen LogP contribution in [-0.4, -0.2) is 49.3 Å². The molecule has 1 aliphatic heterocycles. The molecule has 1 aromatic rings. The highest BCUT2D eigenvalue weighted by Crippen LogP contribution is 2.36. The Kier molecular flexibility index (Phi) is 4.14. The fourth-order valence-corrected chi connectivity index (χ4v) is 2.91. The molecular formula is C13H20N4S. The van der Waals surface area contributed by atoms with Crippen LogP contribution in [0.1, 0.15) is 18.7 Å². The number of thiazole rings is 1. The summed E-state index contributed by atoms with van der Waals surface area (Å²) in [5, 5.41) is 1.07. The number of hydrogen-bond acceptors (Lipinski definition) is 5. The number of hydrogen-bond donors (Lipinski definition) is 0. The molecule has 0 saturated carbocycles. The Bertz CT molecular complexity index is 456. The molecule has 0 unspecified atom stereocenters. The Morgan fingerprint density at radius 3 is 2.61 bits per heavy atom. The maximum Gasteiger partial charge on any atom is 0.188 e. The smallest absolute Gasteiger partial charge is 0.188 e. The first-order valence-electron chi connectivity index (χ1n) is 6.20. The van der Waals surface area contributed by atoms with E-state index in [1.165, 1.54) is 0 Å². The number of rotatable bonds is 3. The zero-order valence-corrected chi connectivity index (χ0v) is 12.1. The summed E-state index contributed by atoms with van der Waals surface area (Å²) in [4.78, 5) is 14.8. The van der Waals surface area contributed by atoms with E-state index in [1.54, 1.807) is 17.6 Å². The van der Waals surface area contributed by atoms with Gasteiger partial charge in [-0.2, -0.15) is 4.98 Å². The molecule has 98 valence electrons. The van der Waals surface area contributed by atoms with Crippen molar-refractivity contribution >= 4 is 34.1 Å². The molecule has 0 aromatic carbocycles. The lowest BCUT2D eigenvalue weighted by Crippen LogP contribution is -2.44. The Morgan fingerprint density at radius 1 is 1.39 bits per heavy atom. The van der Waals surface area contributed by atoms with Crippen LogP contribution in [0.5, 0.6) is 0 Å². The second-order valence-corrected chi connectivity index (χ2v) is 5.58. The summed E-state index contributed by atoms with van der Waals surface area (Å²) in [6, 6.07) is 0. The van der Waals surface area contributed by atoms with Crippen molar-refractivity contribution in [2.75, 3.05) is 38.1 Å². The highest BCUT2D eigenvalue weighted by atomic mass is 32.1. The first-order chi connectivity index (χ1) is 8.61. The van der Waals surface area contributed by atoms with Gasteiger partial charge in [0.25, 0.3) is 0 Å². The van der Waals surface area contributed by atoms with E-state index < -0.39 is 0 Å². The van der Waals surface area contributed by atoms with E-state index in [2.05, 4.69) is 33.4 Å². The van der Waals surface area contributed by atoms with E-state index >= 15 is 0 Å². The summed E-state index contributed by atoms with van der Waals surface area (Å²) in [7, 11) is 2.16. The zero-order valence-electron chi connectivity index (χ0n) is 11.3. The molecule has 5 heteroatoms. The minimum absolute atomic E-state index is 0.809. The lowest BCUT2D eigenvalue weighted by molar-refractivity contribution is 0.313. The van der Waals surface area contributed by atoms with E-state index in [9.17, 15) is 0 Å². The number of aliphatic imine (C=N–C) groups is 1. The summed E-state index contributed by atoms with van der Waals surface area (Å²) in [6.45, 7) is 12.2. The van der Waals surface area contributed by atoms with Gasteiger partial charge in [0.05, 0.1) is 4.88 Å². The van der Waals surface area contributed by atoms with E-state index in [0.717, 1.165) is 47.6 Å². The third-order valence-electron chi connectivity index (χ3n) is 3.01. The zero-order chi connectivity index (χ0) is 13.1. The second kappa shape index (κ2) is 5.63. The lowest BCUT2D eigenvalue weighted by atomic mass is 10.3. The minimum Gasteiger partial charge on any atom is -0.345 e. The van der Waals surface area contributed by atoms with E-state index in [1.807, 2.05) is 13.8 Å². The van der Waals surface area contributed by atoms with Crippen molar-refractivity contribution in [1.29, 1.82) is 0 Å². The van der Waals surface area contributed by atoms with E-state index in [4.69, 9.17) is 0 Å². The van der Waals surface area contributed by atoms with E-state index in [0.29, 0.717) is 0 Å². The van der Waals surface area contributed by atoms with Crippen molar-refractivity contribution in [1.82, 2.24) is 9.88 Å². The van der Waals surface area contributed by atoms with Gasteiger partial charge >= 0.3 is 0 Å². The molecule has 1 fully saturated rings. The summed E-state index contributed by atoms with van der Waals surface area (Å²) >= 11 is 1.70. The molecule has 18 heavy (non-hydrogen) atoms. The second-order valence-electron chi connectivity index (χ2n) is 4.61. The Morgan fingerprint density at radius 2 is 2.06 bits per heavy atom. The van der Waals surface area contributed by atoms with Crippen LogP contribution in [0.4, 0.5) is 10.9 Å². The number of allylic oxidation sites excluding steroid dienone is 1. The molecule has 1 aliphatic rings. The molecule has 4 nitrogen and oxygen atoms in total. The van der Waals surface area contributed by atoms with Crippen molar-refractivity contribution in [3.8, 4) is 0 Å². The molecule has 0 N–H and O–H groups in total. The molecule has 0 spiro atoms. The fraction of sp³-hybridized carbons (Fsp3) is 0.538. The normalized spacial score (nSPS) is 17.6. The largest absolute Gasteiger partial charge is 0.345 e. The van der Waals surface area contributed by atoms with Gasteiger partial charge in [-0.15, -0.1) is 0 Å². The van der Waals surface area contributed by atoms with E-state index in [-0.39, 0.29) is 0 Å². The van der Waals surface area contributed by atoms with Gasteiger partial charge in [0.15, 0.2) is 10.9 Å². The topological polar surface area (TPSA) is 31.7 Å². The molecule has 1 saturated heterocycles. The van der Waals surface area contributed by atoms with Crippen molar-refractivity contribution in [2.24, 2.45) is 4.99 Å². The van der Waals surface area contributed by atoms with Crippen LogP contribution in [0.15, 0.2) is 11.6 Å². The molecule has 0 amide bonds. The number of aromatic nitrogens is 1. The SMILES string of the molecule is C=C(C)c1sc(N2CCN(C)CC2)nc1N=CC.